The zero-order valence-corrected chi connectivity index (χ0v) is 21.7. The van der Waals surface area contributed by atoms with Crippen LogP contribution in [0.2, 0.25) is 0 Å². The third-order valence-electron chi connectivity index (χ3n) is 6.08. The van der Waals surface area contributed by atoms with Gasteiger partial charge >= 0.3 is 0 Å². The van der Waals surface area contributed by atoms with Crippen LogP contribution in [0.1, 0.15) is 48.0 Å². The number of allylic oxidation sites excluding steroid dienone is 1. The number of benzene rings is 1. The highest BCUT2D eigenvalue weighted by Gasteiger charge is 2.22. The van der Waals surface area contributed by atoms with Crippen molar-refractivity contribution in [2.24, 2.45) is 21.4 Å². The molecule has 0 heterocycles. The maximum absolute atomic E-state index is 8.97. The second-order valence-corrected chi connectivity index (χ2v) is 8.49. The van der Waals surface area contributed by atoms with Crippen LogP contribution >= 0.6 is 0 Å². The Hall–Kier alpha value is -2.61. The molecule has 0 fully saturated rings. The van der Waals surface area contributed by atoms with Gasteiger partial charge in [0.1, 0.15) is 12.4 Å². The molecule has 0 aromatic heterocycles. The molecule has 8 heteroatoms. The van der Waals surface area contributed by atoms with Crippen LogP contribution in [0, 0.1) is 5.92 Å². The van der Waals surface area contributed by atoms with Gasteiger partial charge in [0.2, 0.25) is 0 Å². The quantitative estimate of drug-likeness (QED) is 0.169. The number of aliphatic hydroxyl groups excluding tert-OH is 1. The van der Waals surface area contributed by atoms with Crippen molar-refractivity contribution in [1.29, 1.82) is 0 Å². The molecule has 4 atom stereocenters. The topological polar surface area (TPSA) is 85.1 Å². The second-order valence-electron chi connectivity index (χ2n) is 8.49. The molecule has 1 aromatic carbocycles. The smallest absolute Gasteiger partial charge is 0.121 e. The molecule has 0 radical (unpaired) electrons. The zero-order chi connectivity index (χ0) is 24.8. The van der Waals surface area contributed by atoms with Gasteiger partial charge in [-0.15, -0.1) is 0 Å². The molecular weight excluding hydrogens is 416 g/mol. The maximum atomic E-state index is 8.97. The van der Waals surface area contributed by atoms with Gasteiger partial charge in [-0.3, -0.25) is 10.0 Å². The van der Waals surface area contributed by atoms with Gasteiger partial charge < -0.3 is 15.2 Å². The molecule has 186 valence electrons. The number of aliphatic hydroxyl groups is 1. The minimum atomic E-state index is -0.00145. The van der Waals surface area contributed by atoms with E-state index in [9.17, 15) is 0 Å². The minimum absolute atomic E-state index is 0.00145. The van der Waals surface area contributed by atoms with Gasteiger partial charge in [0.25, 0.3) is 0 Å². The van der Waals surface area contributed by atoms with Gasteiger partial charge in [0.05, 0.1) is 12.6 Å². The van der Waals surface area contributed by atoms with E-state index in [1.165, 1.54) is 5.57 Å². The predicted octanol–water partition coefficient (Wildman–Crippen LogP) is 4.84. The third kappa shape index (κ3) is 10.2. The van der Waals surface area contributed by atoms with Crippen LogP contribution in [0.4, 0.5) is 5.69 Å². The van der Waals surface area contributed by atoms with Crippen molar-refractivity contribution < 1.29 is 9.84 Å². The van der Waals surface area contributed by atoms with E-state index in [1.54, 1.807) is 6.21 Å². The first-order valence-corrected chi connectivity index (χ1v) is 11.8. The summed E-state index contributed by atoms with van der Waals surface area (Å²) in [6.45, 7) is 13.6. The van der Waals surface area contributed by atoms with Gasteiger partial charge in [-0.2, -0.15) is 10.2 Å². The van der Waals surface area contributed by atoms with Crippen molar-refractivity contribution in [3.8, 4) is 5.75 Å². The van der Waals surface area contributed by atoms with Gasteiger partial charge in [0.15, 0.2) is 0 Å². The molecule has 0 amide bonds. The number of nitrogens with zero attached hydrogens (tertiary/aromatic N) is 5. The van der Waals surface area contributed by atoms with Gasteiger partial charge in [-0.05, 0) is 53.2 Å². The van der Waals surface area contributed by atoms with Crippen LogP contribution in [0.25, 0.3) is 0 Å². The largest absolute Gasteiger partial charge is 0.491 e. The Bertz CT molecular complexity index is 767. The third-order valence-corrected chi connectivity index (χ3v) is 6.08. The van der Waals surface area contributed by atoms with E-state index >= 15 is 0 Å². The Labute approximate surface area is 200 Å². The van der Waals surface area contributed by atoms with Crippen molar-refractivity contribution in [2.45, 2.75) is 66.1 Å². The summed E-state index contributed by atoms with van der Waals surface area (Å²) in [6, 6.07) is 8.34. The Morgan fingerprint density at radius 1 is 1.21 bits per heavy atom. The highest BCUT2D eigenvalue weighted by atomic mass is 16.5. The molecule has 1 rings (SSSR count). The first kappa shape index (κ1) is 28.4. The first-order chi connectivity index (χ1) is 15.7. The number of ether oxygens (including phenoxy) is 1. The van der Waals surface area contributed by atoms with E-state index in [-0.39, 0.29) is 31.3 Å². The molecule has 0 saturated heterocycles. The van der Waals surface area contributed by atoms with E-state index < -0.39 is 0 Å². The highest BCUT2D eigenvalue weighted by molar-refractivity contribution is 5.52. The summed E-state index contributed by atoms with van der Waals surface area (Å²) in [5, 5.41) is 29.8. The van der Waals surface area contributed by atoms with Crippen LogP contribution in [0.3, 0.4) is 0 Å². The second kappa shape index (κ2) is 15.3. The molecular formula is C25H44N6O2. The van der Waals surface area contributed by atoms with Crippen molar-refractivity contribution in [3.05, 3.63) is 35.9 Å². The average molecular weight is 461 g/mol. The summed E-state index contributed by atoms with van der Waals surface area (Å²) < 4.78 is 5.53. The number of hydrogen-bond donors (Lipinski definition) is 2. The molecule has 2 unspecified atom stereocenters. The SMILES string of the molecule is C/C=N\N(C)[C@@H](C)[C@H](C)C(C)/N=N\N(C)CCC(Nc1cccc(OCCO)c1)/C(C)=C/C. The van der Waals surface area contributed by atoms with Gasteiger partial charge in [0, 0.05) is 56.6 Å². The predicted molar refractivity (Wildman–Crippen MR) is 138 cm³/mol. The van der Waals surface area contributed by atoms with Crippen LogP contribution < -0.4 is 10.1 Å². The van der Waals surface area contributed by atoms with Crippen LogP contribution in [-0.4, -0.2) is 73.3 Å². The number of rotatable bonds is 15. The van der Waals surface area contributed by atoms with E-state index in [4.69, 9.17) is 9.84 Å². The lowest BCUT2D eigenvalue weighted by molar-refractivity contribution is 0.185. The average Bonchev–Trinajstić information content (AvgIpc) is 2.82. The lowest BCUT2D eigenvalue weighted by atomic mass is 9.96. The van der Waals surface area contributed by atoms with Crippen molar-refractivity contribution in [3.63, 3.8) is 0 Å². The van der Waals surface area contributed by atoms with E-state index in [0.717, 1.165) is 24.4 Å². The number of anilines is 1. The Kier molecular flexibility index (Phi) is 13.1. The molecule has 0 saturated carbocycles. The lowest BCUT2D eigenvalue weighted by Gasteiger charge is -2.29. The fourth-order valence-corrected chi connectivity index (χ4v) is 3.32. The standard InChI is InChI=1S/C25H44N6O2/c1-9-19(3)25(27-23-12-11-13-24(18-23)33-17-16-32)14-15-30(7)29-28-21(5)20(4)22(6)31(8)26-10-2/h9-13,18,20-22,25,27,32H,14-17H2,1-8H3/b19-9+,26-10-,29-28-/t20-,21?,22+,25?/m1/s1. The molecule has 8 nitrogen and oxygen atoms in total. The number of hydrazone groups is 1. The van der Waals surface area contributed by atoms with E-state index in [2.05, 4.69) is 61.5 Å². The molecule has 0 aliphatic heterocycles. The maximum Gasteiger partial charge on any atom is 0.121 e. The minimum Gasteiger partial charge on any atom is -0.491 e. The molecule has 0 aliphatic carbocycles. The van der Waals surface area contributed by atoms with E-state index in [0.29, 0.717) is 5.92 Å². The van der Waals surface area contributed by atoms with Crippen LogP contribution in [0.15, 0.2) is 51.4 Å². The van der Waals surface area contributed by atoms with Crippen molar-refractivity contribution >= 4 is 11.9 Å². The van der Waals surface area contributed by atoms with Crippen LogP contribution in [-0.2, 0) is 0 Å². The van der Waals surface area contributed by atoms with Gasteiger partial charge in [-0.25, -0.2) is 0 Å². The summed E-state index contributed by atoms with van der Waals surface area (Å²) in [5.74, 6) is 1.06. The monoisotopic (exact) mass is 460 g/mol. The molecule has 0 spiro atoms. The first-order valence-electron chi connectivity index (χ1n) is 11.8. The van der Waals surface area contributed by atoms with Crippen molar-refractivity contribution in [2.75, 3.05) is 39.2 Å². The molecule has 33 heavy (non-hydrogen) atoms. The number of nitrogens with one attached hydrogen (secondary N) is 1. The summed E-state index contributed by atoms with van der Waals surface area (Å²) in [7, 11) is 3.95. The zero-order valence-electron chi connectivity index (χ0n) is 21.7. The Balaban J connectivity index is 2.69. The summed E-state index contributed by atoms with van der Waals surface area (Å²) in [5.41, 5.74) is 2.24. The summed E-state index contributed by atoms with van der Waals surface area (Å²) >= 11 is 0. The summed E-state index contributed by atoms with van der Waals surface area (Å²) in [6.07, 6.45) is 4.81. The van der Waals surface area contributed by atoms with Crippen LogP contribution in [0.5, 0.6) is 5.75 Å². The molecule has 0 bridgehead atoms. The van der Waals surface area contributed by atoms with Crippen molar-refractivity contribution in [1.82, 2.24) is 10.0 Å². The molecule has 0 aliphatic rings. The fraction of sp³-hybridized carbons (Fsp3) is 0.640. The molecule has 2 N–H and O–H groups in total. The Morgan fingerprint density at radius 3 is 2.58 bits per heavy atom. The summed E-state index contributed by atoms with van der Waals surface area (Å²) in [4.78, 5) is 0. The Morgan fingerprint density at radius 2 is 1.94 bits per heavy atom. The molecule has 1 aromatic rings. The number of hydrogen-bond acceptors (Lipinski definition) is 7. The van der Waals surface area contributed by atoms with E-state index in [1.807, 2.05) is 55.3 Å². The normalized spacial score (nSPS) is 16.0. The lowest BCUT2D eigenvalue weighted by Crippen LogP contribution is -2.35. The fourth-order valence-electron chi connectivity index (χ4n) is 3.32. The highest BCUT2D eigenvalue weighted by Crippen LogP contribution is 2.21. The van der Waals surface area contributed by atoms with Gasteiger partial charge in [-0.1, -0.05) is 29.9 Å².